The van der Waals surface area contributed by atoms with Gasteiger partial charge in [-0.25, -0.2) is 0 Å². The van der Waals surface area contributed by atoms with E-state index < -0.39 is 0 Å². The summed E-state index contributed by atoms with van der Waals surface area (Å²) in [6.07, 6.45) is 2.45. The number of hydrogen-bond donors (Lipinski definition) is 4. The fourth-order valence-electron chi connectivity index (χ4n) is 5.65. The lowest BCUT2D eigenvalue weighted by molar-refractivity contribution is 0.422. The molecule has 4 aromatic carbocycles. The van der Waals surface area contributed by atoms with Gasteiger partial charge in [-0.15, -0.1) is 0 Å². The van der Waals surface area contributed by atoms with Crippen LogP contribution in [0.3, 0.4) is 0 Å². The first-order valence-corrected chi connectivity index (χ1v) is 13.2. The highest BCUT2D eigenvalue weighted by Crippen LogP contribution is 2.45. The van der Waals surface area contributed by atoms with Gasteiger partial charge in [0.25, 0.3) is 0 Å². The third-order valence-corrected chi connectivity index (χ3v) is 8.21. The summed E-state index contributed by atoms with van der Waals surface area (Å²) in [5.74, 6) is 1.14. The van der Waals surface area contributed by atoms with E-state index in [0.717, 1.165) is 63.8 Å². The predicted molar refractivity (Wildman–Crippen MR) is 154 cm³/mol. The maximum Gasteiger partial charge on any atom is 0.118 e. The first kappa shape index (κ1) is 27.1. The Labute approximate surface area is 225 Å². The van der Waals surface area contributed by atoms with Crippen LogP contribution in [-0.2, 0) is 5.41 Å². The van der Waals surface area contributed by atoms with Gasteiger partial charge in [0.2, 0.25) is 0 Å². The molecule has 0 saturated heterocycles. The molecule has 0 atom stereocenters. The van der Waals surface area contributed by atoms with Crippen LogP contribution in [0.4, 0.5) is 0 Å². The fraction of sp³-hybridized carbons (Fsp3) is 0.294. The molecule has 4 nitrogen and oxygen atoms in total. The van der Waals surface area contributed by atoms with E-state index >= 15 is 0 Å². The van der Waals surface area contributed by atoms with Crippen molar-refractivity contribution in [1.82, 2.24) is 0 Å². The van der Waals surface area contributed by atoms with Gasteiger partial charge < -0.3 is 20.4 Å². The average Bonchev–Trinajstić information content (AvgIpc) is 2.89. The largest absolute Gasteiger partial charge is 0.508 e. The first-order valence-electron chi connectivity index (χ1n) is 13.2. The first-order chi connectivity index (χ1) is 18.1. The summed E-state index contributed by atoms with van der Waals surface area (Å²) in [4.78, 5) is 0. The molecule has 4 aromatic rings. The number of benzene rings is 4. The number of aryl methyl sites for hydroxylation is 4. The molecule has 4 heteroatoms. The highest BCUT2D eigenvalue weighted by molar-refractivity contribution is 5.49. The van der Waals surface area contributed by atoms with Gasteiger partial charge in [-0.3, -0.25) is 0 Å². The van der Waals surface area contributed by atoms with Crippen LogP contribution in [0.2, 0.25) is 0 Å². The topological polar surface area (TPSA) is 80.9 Å². The van der Waals surface area contributed by atoms with E-state index in [1.165, 1.54) is 0 Å². The average molecular weight is 511 g/mol. The molecule has 0 aromatic heterocycles. The number of aromatic hydroxyl groups is 4. The minimum absolute atomic E-state index is 0.0379. The molecule has 0 aliphatic carbocycles. The summed E-state index contributed by atoms with van der Waals surface area (Å²) >= 11 is 0. The second kappa shape index (κ2) is 10.8. The Morgan fingerprint density at radius 1 is 0.553 bits per heavy atom. The maximum atomic E-state index is 10.3. The van der Waals surface area contributed by atoms with Crippen molar-refractivity contribution in [2.75, 3.05) is 0 Å². The van der Waals surface area contributed by atoms with Gasteiger partial charge >= 0.3 is 0 Å². The van der Waals surface area contributed by atoms with E-state index in [4.69, 9.17) is 0 Å². The minimum atomic E-state index is -0.354. The lowest BCUT2D eigenvalue weighted by atomic mass is 9.67. The summed E-state index contributed by atoms with van der Waals surface area (Å²) in [5, 5.41) is 40.9. The maximum absolute atomic E-state index is 10.3. The number of phenols is 4. The molecule has 0 aliphatic heterocycles. The van der Waals surface area contributed by atoms with E-state index in [9.17, 15) is 20.4 Å². The molecule has 0 bridgehead atoms. The molecule has 38 heavy (non-hydrogen) atoms. The Hall–Kier alpha value is -3.92. The summed E-state index contributed by atoms with van der Waals surface area (Å²) in [5.41, 5.74) is 7.43. The fourth-order valence-corrected chi connectivity index (χ4v) is 5.65. The van der Waals surface area contributed by atoms with Crippen LogP contribution < -0.4 is 0 Å². The van der Waals surface area contributed by atoms with Crippen LogP contribution >= 0.6 is 0 Å². The Balaban J connectivity index is 1.85. The summed E-state index contributed by atoms with van der Waals surface area (Å²) in [6.45, 7) is 9.85. The molecular formula is C34H38O4. The zero-order valence-electron chi connectivity index (χ0n) is 22.9. The van der Waals surface area contributed by atoms with E-state index in [-0.39, 0.29) is 34.3 Å². The second-order valence-electron chi connectivity index (χ2n) is 10.6. The lowest BCUT2D eigenvalue weighted by Gasteiger charge is -2.36. The van der Waals surface area contributed by atoms with E-state index in [2.05, 4.69) is 19.1 Å². The molecule has 0 radical (unpaired) electrons. The van der Waals surface area contributed by atoms with Crippen LogP contribution in [0.25, 0.3) is 0 Å². The van der Waals surface area contributed by atoms with E-state index in [1.54, 1.807) is 24.3 Å². The zero-order chi connectivity index (χ0) is 27.6. The smallest absolute Gasteiger partial charge is 0.118 e. The number of rotatable bonds is 8. The normalized spacial score (nSPS) is 11.7. The van der Waals surface area contributed by atoms with Gasteiger partial charge in [-0.1, -0.05) is 55.5 Å². The zero-order valence-corrected chi connectivity index (χ0v) is 22.9. The molecule has 0 heterocycles. The Morgan fingerprint density at radius 2 is 0.921 bits per heavy atom. The third kappa shape index (κ3) is 5.22. The van der Waals surface area contributed by atoms with Crippen LogP contribution in [-0.4, -0.2) is 20.4 Å². The monoisotopic (exact) mass is 510 g/mol. The highest BCUT2D eigenvalue weighted by Gasteiger charge is 2.34. The molecule has 4 N–H and O–H groups in total. The molecule has 0 amide bonds. The minimum Gasteiger partial charge on any atom is -0.508 e. The third-order valence-electron chi connectivity index (χ3n) is 8.21. The SMILES string of the molecule is CCC(CCC(c1ccc(O)c(C)c1)c1ccc(O)c(C)c1)(c1ccc(O)c(C)c1)c1ccc(O)c(C)c1. The summed E-state index contributed by atoms with van der Waals surface area (Å²) in [6, 6.07) is 23.3. The summed E-state index contributed by atoms with van der Waals surface area (Å²) < 4.78 is 0. The summed E-state index contributed by atoms with van der Waals surface area (Å²) in [7, 11) is 0. The van der Waals surface area contributed by atoms with Crippen molar-refractivity contribution in [3.63, 3.8) is 0 Å². The predicted octanol–water partition coefficient (Wildman–Crippen LogP) is 8.05. The highest BCUT2D eigenvalue weighted by atomic mass is 16.3. The Morgan fingerprint density at radius 3 is 1.26 bits per heavy atom. The number of phenolic OH excluding ortho intramolecular Hbond substituents is 4. The van der Waals surface area contributed by atoms with Crippen LogP contribution in [0.15, 0.2) is 72.8 Å². The Kier molecular flexibility index (Phi) is 7.73. The lowest BCUT2D eigenvalue weighted by Crippen LogP contribution is -2.28. The molecule has 0 fully saturated rings. The van der Waals surface area contributed by atoms with Gasteiger partial charge in [0.05, 0.1) is 0 Å². The van der Waals surface area contributed by atoms with E-state index in [1.807, 2.05) is 64.1 Å². The van der Waals surface area contributed by atoms with Gasteiger partial charge in [-0.05, 0) is 116 Å². The van der Waals surface area contributed by atoms with Crippen LogP contribution in [0.5, 0.6) is 23.0 Å². The van der Waals surface area contributed by atoms with Crippen molar-refractivity contribution in [3.8, 4) is 23.0 Å². The van der Waals surface area contributed by atoms with Gasteiger partial charge in [0.1, 0.15) is 23.0 Å². The van der Waals surface area contributed by atoms with E-state index in [0.29, 0.717) is 0 Å². The van der Waals surface area contributed by atoms with Gasteiger partial charge in [0, 0.05) is 11.3 Å². The Bertz CT molecular complexity index is 1350. The quantitative estimate of drug-likeness (QED) is 0.193. The molecule has 0 aliphatic rings. The number of hydrogen-bond acceptors (Lipinski definition) is 4. The van der Waals surface area contributed by atoms with Crippen molar-refractivity contribution in [1.29, 1.82) is 0 Å². The van der Waals surface area contributed by atoms with Crippen LogP contribution in [0.1, 0.15) is 76.6 Å². The molecule has 0 spiro atoms. The van der Waals surface area contributed by atoms with Crippen molar-refractivity contribution < 1.29 is 20.4 Å². The van der Waals surface area contributed by atoms with Gasteiger partial charge in [-0.2, -0.15) is 0 Å². The van der Waals surface area contributed by atoms with Crippen LogP contribution in [0, 0.1) is 27.7 Å². The molecule has 198 valence electrons. The molecule has 4 rings (SSSR count). The van der Waals surface area contributed by atoms with Crippen molar-refractivity contribution >= 4 is 0 Å². The standard InChI is InChI=1S/C34H38O4/c1-6-34(27-9-13-32(37)23(4)19-27,28-10-14-33(38)24(5)20-28)16-15-29(25-7-11-30(35)21(2)17-25)26-8-12-31(36)22(3)18-26/h7-14,17-20,29,35-38H,6,15-16H2,1-5H3. The van der Waals surface area contributed by atoms with Crippen molar-refractivity contribution in [2.24, 2.45) is 0 Å². The molecule has 0 unspecified atom stereocenters. The van der Waals surface area contributed by atoms with Crippen molar-refractivity contribution in [3.05, 3.63) is 117 Å². The van der Waals surface area contributed by atoms with Crippen molar-refractivity contribution in [2.45, 2.75) is 65.2 Å². The van der Waals surface area contributed by atoms with Gasteiger partial charge in [0.15, 0.2) is 0 Å². The second-order valence-corrected chi connectivity index (χ2v) is 10.6. The molecule has 0 saturated carbocycles. The molecular weight excluding hydrogens is 472 g/mol.